The Hall–Kier alpha value is -3.67. The van der Waals surface area contributed by atoms with Gasteiger partial charge < -0.3 is 0 Å². The Bertz CT molecular complexity index is 1210. The summed E-state index contributed by atoms with van der Waals surface area (Å²) >= 11 is 0. The van der Waals surface area contributed by atoms with Crippen molar-refractivity contribution in [2.24, 2.45) is 0 Å². The Balaban J connectivity index is 1.31. The summed E-state index contributed by atoms with van der Waals surface area (Å²) in [6, 6.07) is 28.1. The molecule has 3 aromatic rings. The van der Waals surface area contributed by atoms with Gasteiger partial charge in [-0.15, -0.1) is 0 Å². The number of hydrogen-bond donors (Lipinski definition) is 0. The number of likely N-dealkylation sites (tertiary alicyclic amines) is 1. The van der Waals surface area contributed by atoms with Gasteiger partial charge in [0, 0.05) is 19.6 Å². The molecule has 2 heteroatoms. The van der Waals surface area contributed by atoms with E-state index in [0.717, 1.165) is 38.0 Å². The van der Waals surface area contributed by atoms with Gasteiger partial charge >= 0.3 is 0 Å². The van der Waals surface area contributed by atoms with Crippen molar-refractivity contribution in [3.63, 3.8) is 0 Å². The van der Waals surface area contributed by atoms with Gasteiger partial charge in [-0.25, -0.2) is 0 Å². The van der Waals surface area contributed by atoms with Gasteiger partial charge in [0.2, 0.25) is 0 Å². The van der Waals surface area contributed by atoms with Crippen molar-refractivity contribution >= 4 is 23.8 Å². The van der Waals surface area contributed by atoms with Gasteiger partial charge in [0.05, 0.1) is 12.5 Å². The molecule has 0 saturated carbocycles. The van der Waals surface area contributed by atoms with Crippen LogP contribution in [0.4, 0.5) is 0 Å². The zero-order valence-electron chi connectivity index (χ0n) is 18.9. The van der Waals surface area contributed by atoms with Gasteiger partial charge in [0.15, 0.2) is 0 Å². The molecule has 1 fully saturated rings. The summed E-state index contributed by atoms with van der Waals surface area (Å²) in [5.41, 5.74) is 10.6. The van der Waals surface area contributed by atoms with Crippen LogP contribution in [0, 0.1) is 11.3 Å². The number of nitrogens with zero attached hydrogens (tertiary/aromatic N) is 2. The third-order valence-electron chi connectivity index (χ3n) is 6.65. The van der Waals surface area contributed by atoms with Crippen molar-refractivity contribution in [1.29, 1.82) is 5.26 Å². The molecule has 3 aromatic carbocycles. The highest BCUT2D eigenvalue weighted by atomic mass is 15.1. The molecule has 2 nitrogen and oxygen atoms in total. The zero-order chi connectivity index (χ0) is 22.5. The topological polar surface area (TPSA) is 27.0 Å². The molecule has 1 aliphatic heterocycles. The quantitative estimate of drug-likeness (QED) is 0.355. The molecule has 0 unspecified atom stereocenters. The third kappa shape index (κ3) is 4.75. The highest BCUT2D eigenvalue weighted by molar-refractivity contribution is 5.94. The van der Waals surface area contributed by atoms with Crippen LogP contribution < -0.4 is 0 Å². The van der Waals surface area contributed by atoms with E-state index in [2.05, 4.69) is 95.9 Å². The van der Waals surface area contributed by atoms with E-state index in [4.69, 9.17) is 5.26 Å². The SMILES string of the molecule is N#CCc1ccc(C=CCN2CCC(=C3c4ccccc4C=Cc4ccccc43)CC2)cc1. The van der Waals surface area contributed by atoms with Crippen LogP contribution in [-0.2, 0) is 6.42 Å². The molecule has 5 rings (SSSR count). The first kappa shape index (κ1) is 21.2. The number of hydrogen-bond acceptors (Lipinski definition) is 2. The smallest absolute Gasteiger partial charge is 0.0669 e. The van der Waals surface area contributed by atoms with E-state index >= 15 is 0 Å². The zero-order valence-corrected chi connectivity index (χ0v) is 18.9. The van der Waals surface area contributed by atoms with Crippen LogP contribution in [0.15, 0.2) is 84.4 Å². The van der Waals surface area contributed by atoms with Crippen LogP contribution in [0.5, 0.6) is 0 Å². The molecule has 1 heterocycles. The Morgan fingerprint density at radius 2 is 1.39 bits per heavy atom. The predicted octanol–water partition coefficient (Wildman–Crippen LogP) is 6.85. The average Bonchev–Trinajstić information content (AvgIpc) is 3.03. The third-order valence-corrected chi connectivity index (χ3v) is 6.65. The average molecular weight is 429 g/mol. The molecule has 0 radical (unpaired) electrons. The minimum absolute atomic E-state index is 0.473. The Morgan fingerprint density at radius 1 is 0.788 bits per heavy atom. The van der Waals surface area contributed by atoms with E-state index in [1.165, 1.54) is 33.4 Å². The van der Waals surface area contributed by atoms with Crippen LogP contribution in [0.1, 0.15) is 46.2 Å². The van der Waals surface area contributed by atoms with Crippen LogP contribution in [0.25, 0.3) is 23.8 Å². The fourth-order valence-corrected chi connectivity index (χ4v) is 4.88. The van der Waals surface area contributed by atoms with Gasteiger partial charge in [-0.3, -0.25) is 4.90 Å². The minimum Gasteiger partial charge on any atom is -0.299 e. The van der Waals surface area contributed by atoms with Crippen molar-refractivity contribution in [3.8, 4) is 6.07 Å². The highest BCUT2D eigenvalue weighted by Gasteiger charge is 2.21. The molecule has 1 saturated heterocycles. The van der Waals surface area contributed by atoms with Crippen molar-refractivity contribution in [2.75, 3.05) is 19.6 Å². The molecule has 0 spiro atoms. The Labute approximate surface area is 196 Å². The second-order valence-corrected chi connectivity index (χ2v) is 8.77. The molecule has 2 aliphatic rings. The number of fused-ring (bicyclic) bond motifs is 2. The molecule has 0 atom stereocenters. The van der Waals surface area contributed by atoms with E-state index < -0.39 is 0 Å². The van der Waals surface area contributed by atoms with Crippen molar-refractivity contribution < 1.29 is 0 Å². The maximum atomic E-state index is 8.81. The molecule has 33 heavy (non-hydrogen) atoms. The minimum atomic E-state index is 0.473. The summed E-state index contributed by atoms with van der Waals surface area (Å²) in [5.74, 6) is 0. The molecule has 0 amide bonds. The maximum absolute atomic E-state index is 8.81. The highest BCUT2D eigenvalue weighted by Crippen LogP contribution is 2.38. The summed E-state index contributed by atoms with van der Waals surface area (Å²) in [4.78, 5) is 2.54. The van der Waals surface area contributed by atoms with Gasteiger partial charge in [0.25, 0.3) is 0 Å². The van der Waals surface area contributed by atoms with Crippen molar-refractivity contribution in [1.82, 2.24) is 4.90 Å². The first-order chi connectivity index (χ1) is 16.3. The van der Waals surface area contributed by atoms with Crippen molar-refractivity contribution in [2.45, 2.75) is 19.3 Å². The largest absolute Gasteiger partial charge is 0.299 e. The van der Waals surface area contributed by atoms with E-state index in [1.807, 2.05) is 12.1 Å². The number of rotatable bonds is 4. The second-order valence-electron chi connectivity index (χ2n) is 8.77. The summed E-state index contributed by atoms with van der Waals surface area (Å²) in [6.07, 6.45) is 11.7. The van der Waals surface area contributed by atoms with Crippen LogP contribution in [0.2, 0.25) is 0 Å². The lowest BCUT2D eigenvalue weighted by Gasteiger charge is -2.29. The van der Waals surface area contributed by atoms with Gasteiger partial charge in [-0.1, -0.05) is 103 Å². The van der Waals surface area contributed by atoms with Gasteiger partial charge in [-0.2, -0.15) is 5.26 Å². The lowest BCUT2D eigenvalue weighted by atomic mass is 9.86. The number of nitriles is 1. The second kappa shape index (κ2) is 9.86. The molecule has 1 aliphatic carbocycles. The normalized spacial score (nSPS) is 15.7. The Kier molecular flexibility index (Phi) is 6.33. The van der Waals surface area contributed by atoms with E-state index in [9.17, 15) is 0 Å². The molecule has 0 aromatic heterocycles. The Morgan fingerprint density at radius 3 is 2.00 bits per heavy atom. The summed E-state index contributed by atoms with van der Waals surface area (Å²) in [5, 5.41) is 8.81. The van der Waals surface area contributed by atoms with E-state index in [0.29, 0.717) is 6.42 Å². The first-order valence-electron chi connectivity index (χ1n) is 11.8. The summed E-state index contributed by atoms with van der Waals surface area (Å²) in [6.45, 7) is 3.14. The summed E-state index contributed by atoms with van der Waals surface area (Å²) < 4.78 is 0. The molecular weight excluding hydrogens is 400 g/mol. The van der Waals surface area contributed by atoms with Gasteiger partial charge in [-0.05, 0) is 51.8 Å². The number of benzene rings is 3. The van der Waals surface area contributed by atoms with Crippen LogP contribution >= 0.6 is 0 Å². The maximum Gasteiger partial charge on any atom is 0.0669 e. The van der Waals surface area contributed by atoms with Gasteiger partial charge in [0.1, 0.15) is 0 Å². The monoisotopic (exact) mass is 428 g/mol. The van der Waals surface area contributed by atoms with Crippen LogP contribution in [-0.4, -0.2) is 24.5 Å². The standard InChI is InChI=1S/C31H28N2/c32-20-17-25-13-11-24(12-14-25)6-5-21-33-22-18-28(19-23-33)31-29-9-3-1-7-26(29)15-16-27-8-2-4-10-30(27)31/h1-16H,17-19,21-23H2. The number of piperidine rings is 1. The first-order valence-corrected chi connectivity index (χ1v) is 11.8. The molecule has 0 bridgehead atoms. The molecule has 162 valence electrons. The van der Waals surface area contributed by atoms with Crippen molar-refractivity contribution in [3.05, 3.63) is 118 Å². The van der Waals surface area contributed by atoms with Crippen LogP contribution in [0.3, 0.4) is 0 Å². The summed E-state index contributed by atoms with van der Waals surface area (Å²) in [7, 11) is 0. The molecule has 0 N–H and O–H groups in total. The predicted molar refractivity (Wildman–Crippen MR) is 138 cm³/mol. The fraction of sp³-hybridized carbons (Fsp3) is 0.194. The lowest BCUT2D eigenvalue weighted by Crippen LogP contribution is -2.31. The fourth-order valence-electron chi connectivity index (χ4n) is 4.88. The van der Waals surface area contributed by atoms with E-state index in [1.54, 1.807) is 5.57 Å². The van der Waals surface area contributed by atoms with E-state index in [-0.39, 0.29) is 0 Å². The lowest BCUT2D eigenvalue weighted by molar-refractivity contribution is 0.284. The molecular formula is C31H28N2.